The van der Waals surface area contributed by atoms with Crippen molar-refractivity contribution in [3.63, 3.8) is 0 Å². The molecule has 1 aromatic carbocycles. The van der Waals surface area contributed by atoms with Crippen LogP contribution in [0.3, 0.4) is 0 Å². The number of anilines is 1. The van der Waals surface area contributed by atoms with Gasteiger partial charge >= 0.3 is 0 Å². The van der Waals surface area contributed by atoms with Gasteiger partial charge in [0.05, 0.1) is 25.3 Å². The summed E-state index contributed by atoms with van der Waals surface area (Å²) in [5, 5.41) is 18.6. The van der Waals surface area contributed by atoms with E-state index in [-0.39, 0.29) is 17.3 Å². The van der Waals surface area contributed by atoms with Crippen LogP contribution in [0.5, 0.6) is 11.5 Å². The highest BCUT2D eigenvalue weighted by Crippen LogP contribution is 2.46. The molecular formula is C19H19N3O5S. The van der Waals surface area contributed by atoms with Crippen LogP contribution in [0.1, 0.15) is 31.4 Å². The second kappa shape index (κ2) is 7.23. The monoisotopic (exact) mass is 401 g/mol. The second-order valence-corrected chi connectivity index (χ2v) is 7.35. The van der Waals surface area contributed by atoms with Crippen LogP contribution in [-0.4, -0.2) is 40.7 Å². The van der Waals surface area contributed by atoms with Crippen molar-refractivity contribution in [1.82, 2.24) is 10.2 Å². The number of nitrogens with zero attached hydrogens (tertiary/aromatic N) is 3. The number of Topliss-reactive ketones (excluding diaryl/α,β-unsaturated/α-hetero) is 1. The lowest BCUT2D eigenvalue weighted by Crippen LogP contribution is -2.31. The summed E-state index contributed by atoms with van der Waals surface area (Å²) in [5.74, 6) is -0.483. The number of aliphatic hydroxyl groups excluding tert-OH is 1. The largest absolute Gasteiger partial charge is 0.503 e. The fraction of sp³-hybridized carbons (Fsp3) is 0.368. The lowest BCUT2D eigenvalue weighted by molar-refractivity contribution is -0.118. The minimum absolute atomic E-state index is 0.105. The van der Waals surface area contributed by atoms with E-state index in [0.717, 1.165) is 24.2 Å². The van der Waals surface area contributed by atoms with E-state index in [0.29, 0.717) is 28.8 Å². The molecule has 146 valence electrons. The molecule has 1 aromatic heterocycles. The SMILES string of the molecule is CCOc1ccc(C2C(C(=O)C3CC3)=C(O)C(=O)N2c2nncs2)cc1OC. The summed E-state index contributed by atoms with van der Waals surface area (Å²) in [6.45, 7) is 2.34. The van der Waals surface area contributed by atoms with Crippen LogP contribution in [0.4, 0.5) is 5.13 Å². The number of ether oxygens (including phenoxy) is 2. The minimum atomic E-state index is -0.793. The predicted octanol–water partition coefficient (Wildman–Crippen LogP) is 2.82. The van der Waals surface area contributed by atoms with E-state index in [2.05, 4.69) is 10.2 Å². The number of amides is 1. The Morgan fingerprint density at radius 3 is 2.75 bits per heavy atom. The van der Waals surface area contributed by atoms with Gasteiger partial charge in [-0.1, -0.05) is 17.4 Å². The second-order valence-electron chi connectivity index (χ2n) is 6.54. The number of aliphatic hydroxyl groups is 1. The Kier molecular flexibility index (Phi) is 4.76. The molecule has 1 aliphatic heterocycles. The van der Waals surface area contributed by atoms with Crippen LogP contribution < -0.4 is 14.4 Å². The number of hydrogen-bond donors (Lipinski definition) is 1. The maximum absolute atomic E-state index is 12.9. The van der Waals surface area contributed by atoms with Gasteiger partial charge in [-0.2, -0.15) is 0 Å². The first-order chi connectivity index (χ1) is 13.6. The van der Waals surface area contributed by atoms with Crippen molar-refractivity contribution in [2.75, 3.05) is 18.6 Å². The first-order valence-electron chi connectivity index (χ1n) is 8.94. The number of carbonyl (C=O) groups excluding carboxylic acids is 2. The summed E-state index contributed by atoms with van der Waals surface area (Å²) in [7, 11) is 1.52. The van der Waals surface area contributed by atoms with E-state index in [1.165, 1.54) is 17.5 Å². The summed E-state index contributed by atoms with van der Waals surface area (Å²) in [6.07, 6.45) is 1.53. The van der Waals surface area contributed by atoms with Crippen molar-refractivity contribution in [3.05, 3.63) is 40.6 Å². The van der Waals surface area contributed by atoms with Crippen molar-refractivity contribution in [1.29, 1.82) is 0 Å². The molecule has 4 rings (SSSR count). The van der Waals surface area contributed by atoms with E-state index in [1.807, 2.05) is 6.92 Å². The third-order valence-corrected chi connectivity index (χ3v) is 5.47. The van der Waals surface area contributed by atoms with Crippen LogP contribution in [0, 0.1) is 5.92 Å². The number of rotatable bonds is 7. The molecule has 1 saturated carbocycles. The summed E-state index contributed by atoms with van der Waals surface area (Å²) in [6, 6.07) is 4.42. The lowest BCUT2D eigenvalue weighted by Gasteiger charge is -2.24. The highest BCUT2D eigenvalue weighted by molar-refractivity contribution is 7.13. The first-order valence-corrected chi connectivity index (χ1v) is 9.82. The Balaban J connectivity index is 1.83. The number of methoxy groups -OCH3 is 1. The van der Waals surface area contributed by atoms with Gasteiger partial charge in [0.1, 0.15) is 5.51 Å². The zero-order valence-electron chi connectivity index (χ0n) is 15.4. The van der Waals surface area contributed by atoms with Gasteiger partial charge in [-0.25, -0.2) is 0 Å². The highest BCUT2D eigenvalue weighted by Gasteiger charge is 2.48. The molecule has 0 spiro atoms. The van der Waals surface area contributed by atoms with Gasteiger partial charge in [0.2, 0.25) is 5.13 Å². The van der Waals surface area contributed by atoms with Gasteiger partial charge in [-0.15, -0.1) is 10.2 Å². The van der Waals surface area contributed by atoms with Crippen LogP contribution in [0.2, 0.25) is 0 Å². The van der Waals surface area contributed by atoms with E-state index < -0.39 is 17.7 Å². The van der Waals surface area contributed by atoms with Crippen LogP contribution in [-0.2, 0) is 9.59 Å². The third-order valence-electron chi connectivity index (χ3n) is 4.78. The van der Waals surface area contributed by atoms with Crippen LogP contribution in [0.25, 0.3) is 0 Å². The maximum atomic E-state index is 12.9. The van der Waals surface area contributed by atoms with E-state index in [9.17, 15) is 14.7 Å². The zero-order chi connectivity index (χ0) is 19.8. The van der Waals surface area contributed by atoms with Crippen molar-refractivity contribution in [2.45, 2.75) is 25.8 Å². The van der Waals surface area contributed by atoms with Crippen molar-refractivity contribution in [3.8, 4) is 11.5 Å². The fourth-order valence-corrected chi connectivity index (χ4v) is 3.92. The molecule has 0 saturated heterocycles. The molecule has 1 atom stereocenters. The average Bonchev–Trinajstić information content (AvgIpc) is 3.36. The Bertz CT molecular complexity index is 952. The third kappa shape index (κ3) is 3.01. The average molecular weight is 401 g/mol. The summed E-state index contributed by atoms with van der Waals surface area (Å²) >= 11 is 1.16. The van der Waals surface area contributed by atoms with E-state index in [1.54, 1.807) is 18.2 Å². The van der Waals surface area contributed by atoms with E-state index >= 15 is 0 Å². The Morgan fingerprint density at radius 2 is 2.14 bits per heavy atom. The van der Waals surface area contributed by atoms with Crippen molar-refractivity contribution in [2.24, 2.45) is 5.92 Å². The molecule has 2 heterocycles. The Morgan fingerprint density at radius 1 is 1.36 bits per heavy atom. The van der Waals surface area contributed by atoms with Gasteiger partial charge in [-0.3, -0.25) is 14.5 Å². The standard InChI is InChI=1S/C19H19N3O5S/c1-3-27-12-7-6-11(8-13(12)26-2)15-14(16(23)10-4-5-10)17(24)18(25)22(15)19-21-20-9-28-19/h6-10,15,24H,3-5H2,1-2H3. The Hall–Kier alpha value is -2.94. The number of hydrogen-bond acceptors (Lipinski definition) is 8. The normalized spacial score (nSPS) is 19.3. The lowest BCUT2D eigenvalue weighted by atomic mass is 9.94. The number of aromatic nitrogens is 2. The van der Waals surface area contributed by atoms with Crippen LogP contribution in [0.15, 0.2) is 35.0 Å². The topological polar surface area (TPSA) is 102 Å². The molecule has 8 nitrogen and oxygen atoms in total. The van der Waals surface area contributed by atoms with Gasteiger partial charge in [0, 0.05) is 5.92 Å². The molecule has 1 aliphatic carbocycles. The van der Waals surface area contributed by atoms with Crippen molar-refractivity contribution >= 4 is 28.2 Å². The first kappa shape index (κ1) is 18.4. The van der Waals surface area contributed by atoms with Gasteiger partial charge in [0.25, 0.3) is 5.91 Å². The molecule has 28 heavy (non-hydrogen) atoms. The number of ketones is 1. The van der Waals surface area contributed by atoms with Crippen molar-refractivity contribution < 1.29 is 24.2 Å². The predicted molar refractivity (Wildman–Crippen MR) is 102 cm³/mol. The molecule has 2 aliphatic rings. The molecule has 1 N–H and O–H groups in total. The molecule has 1 amide bonds. The van der Waals surface area contributed by atoms with Gasteiger partial charge in [0.15, 0.2) is 23.0 Å². The summed E-state index contributed by atoms with van der Waals surface area (Å²) in [4.78, 5) is 27.0. The fourth-order valence-electron chi connectivity index (χ4n) is 3.34. The minimum Gasteiger partial charge on any atom is -0.503 e. The summed E-state index contributed by atoms with van der Waals surface area (Å²) in [5.41, 5.74) is 2.22. The molecule has 9 heteroatoms. The maximum Gasteiger partial charge on any atom is 0.296 e. The molecule has 1 unspecified atom stereocenters. The van der Waals surface area contributed by atoms with E-state index in [4.69, 9.17) is 9.47 Å². The molecule has 1 fully saturated rings. The molecule has 0 radical (unpaired) electrons. The molecule has 2 aromatic rings. The van der Waals surface area contributed by atoms with Gasteiger partial charge in [-0.05, 0) is 37.5 Å². The summed E-state index contributed by atoms with van der Waals surface area (Å²) < 4.78 is 11.0. The number of carbonyl (C=O) groups is 2. The zero-order valence-corrected chi connectivity index (χ0v) is 16.2. The van der Waals surface area contributed by atoms with Gasteiger partial charge < -0.3 is 14.6 Å². The molecular weight excluding hydrogens is 382 g/mol. The Labute approximate surface area is 165 Å². The smallest absolute Gasteiger partial charge is 0.296 e. The van der Waals surface area contributed by atoms with Crippen LogP contribution >= 0.6 is 11.3 Å². The highest BCUT2D eigenvalue weighted by atomic mass is 32.1. The quantitative estimate of drug-likeness (QED) is 0.761. The molecule has 0 bridgehead atoms. The number of benzene rings is 1.